The Morgan fingerprint density at radius 3 is 2.52 bits per heavy atom. The number of carbonyl (C=O) groups excluding carboxylic acids is 1. The minimum atomic E-state index is -0.0927. The molecule has 0 fully saturated rings. The van der Waals surface area contributed by atoms with Crippen LogP contribution in [0.2, 0.25) is 5.02 Å². The second-order valence-corrected chi connectivity index (χ2v) is 7.59. The van der Waals surface area contributed by atoms with E-state index in [0.29, 0.717) is 5.02 Å². The van der Waals surface area contributed by atoms with Crippen LogP contribution in [0.3, 0.4) is 0 Å². The van der Waals surface area contributed by atoms with Gasteiger partial charge in [-0.25, -0.2) is 4.98 Å². The topological polar surface area (TPSA) is 42.0 Å². The predicted molar refractivity (Wildman–Crippen MR) is 99.0 cm³/mol. The van der Waals surface area contributed by atoms with Crippen LogP contribution < -0.4 is 5.32 Å². The van der Waals surface area contributed by atoms with E-state index in [0.717, 1.165) is 25.7 Å². The molecule has 3 rings (SSSR count). The van der Waals surface area contributed by atoms with Gasteiger partial charge in [-0.15, -0.1) is 11.3 Å². The van der Waals surface area contributed by atoms with Crippen molar-refractivity contribution >= 4 is 50.5 Å². The van der Waals surface area contributed by atoms with E-state index in [-0.39, 0.29) is 12.3 Å². The number of thiazole rings is 1. The summed E-state index contributed by atoms with van der Waals surface area (Å²) < 4.78 is 0.866. The Kier molecular flexibility index (Phi) is 5.10. The molecule has 0 saturated carbocycles. The maximum atomic E-state index is 12.1. The lowest BCUT2D eigenvalue weighted by Gasteiger charge is -2.03. The third-order valence-electron chi connectivity index (χ3n) is 3.13. The van der Waals surface area contributed by atoms with Crippen LogP contribution in [0.5, 0.6) is 0 Å². The lowest BCUT2D eigenvalue weighted by molar-refractivity contribution is -0.115. The number of rotatable bonds is 4. The summed E-state index contributed by atoms with van der Waals surface area (Å²) in [6, 6.07) is 16.9. The molecule has 3 nitrogen and oxygen atoms in total. The van der Waals surface area contributed by atoms with Crippen LogP contribution in [0.1, 0.15) is 5.69 Å². The number of benzene rings is 2. The molecule has 1 heterocycles. The van der Waals surface area contributed by atoms with E-state index < -0.39 is 0 Å². The van der Waals surface area contributed by atoms with Crippen molar-refractivity contribution in [3.63, 3.8) is 0 Å². The highest BCUT2D eigenvalue weighted by molar-refractivity contribution is 9.11. The van der Waals surface area contributed by atoms with Crippen LogP contribution in [0.25, 0.3) is 10.6 Å². The zero-order valence-electron chi connectivity index (χ0n) is 11.9. The van der Waals surface area contributed by atoms with Crippen molar-refractivity contribution in [2.45, 2.75) is 6.42 Å². The molecular formula is C17H12BrClN2OS. The summed E-state index contributed by atoms with van der Waals surface area (Å²) in [5.41, 5.74) is 2.49. The summed E-state index contributed by atoms with van der Waals surface area (Å²) in [5.74, 6) is -0.0927. The minimum Gasteiger partial charge on any atom is -0.326 e. The zero-order valence-corrected chi connectivity index (χ0v) is 15.1. The number of amides is 1. The molecule has 2 aromatic carbocycles. The Hall–Kier alpha value is -1.69. The maximum absolute atomic E-state index is 12.1. The number of hydrogen-bond acceptors (Lipinski definition) is 3. The normalized spacial score (nSPS) is 10.5. The molecule has 1 amide bonds. The third-order valence-corrected chi connectivity index (χ3v) is 5.26. The number of carbonyl (C=O) groups is 1. The molecule has 0 aliphatic carbocycles. The van der Waals surface area contributed by atoms with Crippen molar-refractivity contribution < 1.29 is 4.79 Å². The van der Waals surface area contributed by atoms with Crippen LogP contribution in [0, 0.1) is 0 Å². The van der Waals surface area contributed by atoms with Crippen LogP contribution >= 0.6 is 38.9 Å². The highest BCUT2D eigenvalue weighted by Crippen LogP contribution is 2.32. The number of aromatic nitrogens is 1. The Labute approximate surface area is 151 Å². The van der Waals surface area contributed by atoms with E-state index >= 15 is 0 Å². The Bertz CT molecular complexity index is 818. The molecule has 116 valence electrons. The quantitative estimate of drug-likeness (QED) is 0.628. The molecule has 0 atom stereocenters. The number of anilines is 1. The average molecular weight is 408 g/mol. The van der Waals surface area contributed by atoms with E-state index in [1.165, 1.54) is 11.3 Å². The van der Waals surface area contributed by atoms with Crippen LogP contribution in [0.4, 0.5) is 5.69 Å². The number of hydrogen-bond donors (Lipinski definition) is 1. The number of nitrogens with zero attached hydrogens (tertiary/aromatic N) is 1. The fraction of sp³-hybridized carbons (Fsp3) is 0.0588. The number of halogens is 2. The lowest BCUT2D eigenvalue weighted by Crippen LogP contribution is -2.14. The Morgan fingerprint density at radius 2 is 1.83 bits per heavy atom. The van der Waals surface area contributed by atoms with Gasteiger partial charge in [0.1, 0.15) is 5.01 Å². The van der Waals surface area contributed by atoms with Gasteiger partial charge in [-0.1, -0.05) is 41.9 Å². The summed E-state index contributed by atoms with van der Waals surface area (Å²) >= 11 is 10.9. The molecule has 0 bridgehead atoms. The van der Waals surface area contributed by atoms with Gasteiger partial charge >= 0.3 is 0 Å². The van der Waals surface area contributed by atoms with Crippen molar-refractivity contribution in [3.8, 4) is 10.6 Å². The average Bonchev–Trinajstić information content (AvgIpc) is 2.90. The van der Waals surface area contributed by atoms with E-state index in [1.807, 2.05) is 54.6 Å². The molecule has 1 N–H and O–H groups in total. The molecule has 0 unspecified atom stereocenters. The van der Waals surface area contributed by atoms with Crippen molar-refractivity contribution in [1.29, 1.82) is 0 Å². The standard InChI is InChI=1S/C17H12BrClN2OS/c18-16-14(10-15(22)20-13-4-2-1-3-5-13)21-17(23-16)11-6-8-12(19)9-7-11/h1-9H,10H2,(H,20,22). The van der Waals surface area contributed by atoms with Crippen molar-refractivity contribution in [2.75, 3.05) is 5.32 Å². The molecule has 0 aliphatic heterocycles. The van der Waals surface area contributed by atoms with Gasteiger partial charge in [0.25, 0.3) is 0 Å². The summed E-state index contributed by atoms with van der Waals surface area (Å²) in [6.07, 6.45) is 0.222. The molecular weight excluding hydrogens is 396 g/mol. The second kappa shape index (κ2) is 7.25. The summed E-state index contributed by atoms with van der Waals surface area (Å²) in [6.45, 7) is 0. The first-order valence-corrected chi connectivity index (χ1v) is 8.86. The highest BCUT2D eigenvalue weighted by Gasteiger charge is 2.14. The summed E-state index contributed by atoms with van der Waals surface area (Å²) in [4.78, 5) is 16.7. The predicted octanol–water partition coefficient (Wildman–Crippen LogP) is 5.41. The lowest BCUT2D eigenvalue weighted by atomic mass is 10.2. The van der Waals surface area contributed by atoms with E-state index in [9.17, 15) is 4.79 Å². The highest BCUT2D eigenvalue weighted by atomic mass is 79.9. The second-order valence-electron chi connectivity index (χ2n) is 4.84. The van der Waals surface area contributed by atoms with E-state index in [1.54, 1.807) is 0 Å². The van der Waals surface area contributed by atoms with E-state index in [2.05, 4.69) is 26.2 Å². The third kappa shape index (κ3) is 4.19. The first kappa shape index (κ1) is 16.2. The van der Waals surface area contributed by atoms with Gasteiger partial charge in [-0.3, -0.25) is 4.79 Å². The van der Waals surface area contributed by atoms with Crippen LogP contribution in [0.15, 0.2) is 58.4 Å². The van der Waals surface area contributed by atoms with Crippen LogP contribution in [-0.4, -0.2) is 10.9 Å². The van der Waals surface area contributed by atoms with Crippen molar-refractivity contribution in [1.82, 2.24) is 4.98 Å². The molecule has 0 spiro atoms. The molecule has 0 radical (unpaired) electrons. The minimum absolute atomic E-state index is 0.0927. The van der Waals surface area contributed by atoms with Gasteiger partial charge < -0.3 is 5.32 Å². The first-order chi connectivity index (χ1) is 11.1. The molecule has 6 heteroatoms. The van der Waals surface area contributed by atoms with Gasteiger partial charge in [0.15, 0.2) is 0 Å². The monoisotopic (exact) mass is 406 g/mol. The van der Waals surface area contributed by atoms with Gasteiger partial charge in [-0.2, -0.15) is 0 Å². The number of para-hydroxylation sites is 1. The molecule has 1 aromatic heterocycles. The molecule has 0 saturated heterocycles. The van der Waals surface area contributed by atoms with Gasteiger partial charge in [0, 0.05) is 16.3 Å². The van der Waals surface area contributed by atoms with E-state index in [4.69, 9.17) is 11.6 Å². The van der Waals surface area contributed by atoms with Crippen molar-refractivity contribution in [3.05, 3.63) is 69.1 Å². The fourth-order valence-corrected chi connectivity index (χ4v) is 3.67. The van der Waals surface area contributed by atoms with Gasteiger partial charge in [0.2, 0.25) is 5.91 Å². The summed E-state index contributed by atoms with van der Waals surface area (Å²) in [5, 5.41) is 4.41. The van der Waals surface area contributed by atoms with Crippen LogP contribution in [-0.2, 0) is 11.2 Å². The van der Waals surface area contributed by atoms with Gasteiger partial charge in [0.05, 0.1) is 15.9 Å². The largest absolute Gasteiger partial charge is 0.326 e. The molecule has 23 heavy (non-hydrogen) atoms. The summed E-state index contributed by atoms with van der Waals surface area (Å²) in [7, 11) is 0. The SMILES string of the molecule is O=C(Cc1nc(-c2ccc(Cl)cc2)sc1Br)Nc1ccccc1. The van der Waals surface area contributed by atoms with Crippen molar-refractivity contribution in [2.24, 2.45) is 0 Å². The molecule has 3 aromatic rings. The van der Waals surface area contributed by atoms with Gasteiger partial charge in [-0.05, 0) is 40.2 Å². The number of nitrogens with one attached hydrogen (secondary N) is 1. The smallest absolute Gasteiger partial charge is 0.230 e. The first-order valence-electron chi connectivity index (χ1n) is 6.88. The Morgan fingerprint density at radius 1 is 1.13 bits per heavy atom. The zero-order chi connectivity index (χ0) is 16.2. The molecule has 0 aliphatic rings. The maximum Gasteiger partial charge on any atom is 0.230 e. The Balaban J connectivity index is 1.73. The fourth-order valence-electron chi connectivity index (χ4n) is 2.04.